The molecule has 2 heteroatoms. The summed E-state index contributed by atoms with van der Waals surface area (Å²) in [6.07, 6.45) is 10.5. The molecule has 0 unspecified atom stereocenters. The predicted molar refractivity (Wildman–Crippen MR) is 73.6 cm³/mol. The van der Waals surface area contributed by atoms with Crippen LogP contribution in [0.3, 0.4) is 0 Å². The number of benzene rings is 1. The Bertz CT molecular complexity index is 302. The van der Waals surface area contributed by atoms with Gasteiger partial charge in [-0.3, -0.25) is 0 Å². The average molecular weight is 222 g/mol. The highest BCUT2D eigenvalue weighted by atomic mass is 32.1. The van der Waals surface area contributed by atoms with Gasteiger partial charge in [-0.2, -0.15) is 0 Å². The summed E-state index contributed by atoms with van der Waals surface area (Å²) < 4.78 is 0. The van der Waals surface area contributed by atoms with Crippen molar-refractivity contribution >= 4 is 18.3 Å². The Morgan fingerprint density at radius 3 is 2.60 bits per heavy atom. The first kappa shape index (κ1) is 13.9. The molecule has 0 heterocycles. The van der Waals surface area contributed by atoms with Crippen LogP contribution in [0.5, 0.6) is 0 Å². The van der Waals surface area contributed by atoms with Gasteiger partial charge in [0.25, 0.3) is 0 Å². The number of aryl methyl sites for hydroxylation is 1. The van der Waals surface area contributed by atoms with Gasteiger partial charge in [0.1, 0.15) is 0 Å². The van der Waals surface area contributed by atoms with E-state index in [4.69, 9.17) is 6.42 Å². The lowest BCUT2D eigenvalue weighted by atomic mass is 10.1. The summed E-state index contributed by atoms with van der Waals surface area (Å²) in [6, 6.07) is 10.6. The van der Waals surface area contributed by atoms with Crippen LogP contribution in [0, 0.1) is 12.5 Å². The third-order valence-corrected chi connectivity index (χ3v) is 2.02. The summed E-state index contributed by atoms with van der Waals surface area (Å²) in [7, 11) is 0. The zero-order valence-electron chi connectivity index (χ0n) is 9.51. The van der Waals surface area contributed by atoms with E-state index >= 15 is 0 Å². The Balaban J connectivity index is 0.000000921. The molecule has 0 saturated carbocycles. The van der Waals surface area contributed by atoms with Crippen LogP contribution in [0.25, 0.3) is 0 Å². The van der Waals surface area contributed by atoms with E-state index in [1.807, 2.05) is 18.2 Å². The maximum Gasteiger partial charge on any atom is 0.0929 e. The quantitative estimate of drug-likeness (QED) is 0.469. The highest BCUT2D eigenvalue weighted by Crippen LogP contribution is 2.16. The van der Waals surface area contributed by atoms with Crippen LogP contribution in [0.15, 0.2) is 24.3 Å². The van der Waals surface area contributed by atoms with Crippen LogP contribution in [0.2, 0.25) is 0 Å². The van der Waals surface area contributed by atoms with Crippen LogP contribution in [-0.2, 0) is 19.0 Å². The van der Waals surface area contributed by atoms with E-state index in [-0.39, 0.29) is 0 Å². The number of para-hydroxylation sites is 1. The van der Waals surface area contributed by atoms with Crippen molar-refractivity contribution in [2.45, 2.75) is 26.2 Å². The molecule has 0 aromatic heterocycles. The molecule has 1 aromatic rings. The highest BCUT2D eigenvalue weighted by molar-refractivity contribution is 7.57. The number of anilines is 1. The first-order valence-corrected chi connectivity index (χ1v) is 6.18. The second kappa shape index (κ2) is 9.48. The van der Waals surface area contributed by atoms with Crippen molar-refractivity contribution in [3.63, 3.8) is 0 Å². The molecule has 0 saturated heterocycles. The molecule has 0 fully saturated rings. The van der Waals surface area contributed by atoms with Crippen molar-refractivity contribution in [2.75, 3.05) is 11.6 Å². The molecule has 0 amide bonds. The average Bonchev–Trinajstić information content (AvgIpc) is 2.31. The third-order valence-electron chi connectivity index (χ3n) is 2.02. The van der Waals surface area contributed by atoms with Crippen molar-refractivity contribution in [3.8, 4) is 12.5 Å². The largest absolute Gasteiger partial charge is 0.315 e. The minimum atomic E-state index is 1.07. The fourth-order valence-electron chi connectivity index (χ4n) is 1.31. The van der Waals surface area contributed by atoms with Crippen molar-refractivity contribution < 1.29 is 0 Å². The van der Waals surface area contributed by atoms with Gasteiger partial charge >= 0.3 is 0 Å². The van der Waals surface area contributed by atoms with E-state index in [2.05, 4.69) is 37.0 Å². The lowest BCUT2D eigenvalue weighted by molar-refractivity contribution is 0.796. The van der Waals surface area contributed by atoms with Gasteiger partial charge in [-0.05, 0) is 37.1 Å². The van der Waals surface area contributed by atoms with Gasteiger partial charge in [0.15, 0.2) is 0 Å². The molecule has 1 nitrogen and oxygen atoms in total. The summed E-state index contributed by atoms with van der Waals surface area (Å²) in [5.41, 5.74) is 2.38. The third kappa shape index (κ3) is 5.39. The fraction of sp³-hybridized carbons (Fsp3) is 0.385. The molecule has 0 aliphatic heterocycles. The maximum absolute atomic E-state index is 5.20. The summed E-state index contributed by atoms with van der Waals surface area (Å²) in [4.78, 5) is 0. The topological polar surface area (TPSA) is 12.0 Å². The van der Waals surface area contributed by atoms with E-state index in [0.717, 1.165) is 12.1 Å². The Hall–Kier alpha value is -1.07. The summed E-state index contributed by atoms with van der Waals surface area (Å²) in [5, 5.41) is 2.91. The van der Waals surface area contributed by atoms with Crippen molar-refractivity contribution in [2.24, 2.45) is 0 Å². The predicted octanol–water partition coefficient (Wildman–Crippen LogP) is 2.66. The normalized spacial score (nSPS) is 8.40. The van der Waals surface area contributed by atoms with Crippen molar-refractivity contribution in [1.29, 1.82) is 0 Å². The molecule has 1 rings (SSSR count). The Morgan fingerprint density at radius 2 is 2.00 bits per heavy atom. The molecule has 0 spiro atoms. The standard InChI is InChI=1S/C12H15N.CH4S/c1-3-5-8-11-9-6-7-10-12(11)13-4-2;1-2/h2,6-7,9-10,13H,3,5,8H2,1H3;2H,1H3/p+1. The zero-order chi connectivity index (χ0) is 11.5. The Morgan fingerprint density at radius 1 is 1.33 bits per heavy atom. The van der Waals surface area contributed by atoms with Crippen LogP contribution in [-0.4, -0.2) is 6.26 Å². The van der Waals surface area contributed by atoms with Crippen LogP contribution in [0.4, 0.5) is 5.69 Å². The van der Waals surface area contributed by atoms with E-state index in [9.17, 15) is 0 Å². The molecule has 0 radical (unpaired) electrons. The number of unbranched alkanes of at least 4 members (excludes halogenated alkanes) is 1. The van der Waals surface area contributed by atoms with Gasteiger partial charge in [-0.15, -0.1) is 0 Å². The second-order valence-corrected chi connectivity index (χ2v) is 3.03. The van der Waals surface area contributed by atoms with E-state index in [1.54, 1.807) is 6.26 Å². The van der Waals surface area contributed by atoms with Crippen LogP contribution >= 0.6 is 0 Å². The van der Waals surface area contributed by atoms with E-state index in [1.165, 1.54) is 18.4 Å². The van der Waals surface area contributed by atoms with Gasteiger partial charge < -0.3 is 5.32 Å². The van der Waals surface area contributed by atoms with Crippen molar-refractivity contribution in [3.05, 3.63) is 29.8 Å². The monoisotopic (exact) mass is 222 g/mol. The first-order chi connectivity index (χ1) is 7.38. The molecule has 0 aliphatic rings. The molecule has 15 heavy (non-hydrogen) atoms. The minimum absolute atomic E-state index is 1.07. The molecule has 0 bridgehead atoms. The number of rotatable bonds is 4. The molecular weight excluding hydrogens is 202 g/mol. The van der Waals surface area contributed by atoms with Gasteiger partial charge in [0.05, 0.1) is 6.26 Å². The van der Waals surface area contributed by atoms with Crippen LogP contribution < -0.4 is 5.32 Å². The van der Waals surface area contributed by atoms with Crippen LogP contribution in [0.1, 0.15) is 25.3 Å². The van der Waals surface area contributed by atoms with E-state index < -0.39 is 0 Å². The molecule has 0 atom stereocenters. The van der Waals surface area contributed by atoms with Gasteiger partial charge in [-0.1, -0.05) is 38.0 Å². The zero-order valence-corrected chi connectivity index (χ0v) is 10.5. The number of hydrogen-bond donors (Lipinski definition) is 1. The molecule has 82 valence electrons. The highest BCUT2D eigenvalue weighted by Gasteiger charge is 1.98. The number of terminal acetylenes is 1. The minimum Gasteiger partial charge on any atom is -0.315 e. The molecule has 1 N–H and O–H groups in total. The molecule has 1 aromatic carbocycles. The molecular formula is C13H20NS+. The molecule has 0 aliphatic carbocycles. The number of hydrogen-bond acceptors (Lipinski definition) is 1. The Kier molecular flexibility index (Phi) is 8.81. The smallest absolute Gasteiger partial charge is 0.0929 e. The number of nitrogens with one attached hydrogen (secondary N) is 1. The maximum atomic E-state index is 5.20. The van der Waals surface area contributed by atoms with Gasteiger partial charge in [-0.25, -0.2) is 0 Å². The summed E-state index contributed by atoms with van der Waals surface area (Å²) >= 11 is 2.97. The lowest BCUT2D eigenvalue weighted by Gasteiger charge is -2.06. The van der Waals surface area contributed by atoms with Crippen molar-refractivity contribution in [1.82, 2.24) is 0 Å². The second-order valence-electron chi connectivity index (χ2n) is 3.03. The van der Waals surface area contributed by atoms with Gasteiger partial charge in [0.2, 0.25) is 0 Å². The van der Waals surface area contributed by atoms with E-state index in [0.29, 0.717) is 0 Å². The summed E-state index contributed by atoms with van der Waals surface area (Å²) in [5.74, 6) is 0. The fourth-order valence-corrected chi connectivity index (χ4v) is 1.31. The Labute approximate surface area is 98.7 Å². The van der Waals surface area contributed by atoms with Gasteiger partial charge in [0, 0.05) is 11.7 Å². The first-order valence-electron chi connectivity index (χ1n) is 5.18. The SMILES string of the molecule is C#CNc1ccccc1CCCC.C[SH2+]. The lowest BCUT2D eigenvalue weighted by Crippen LogP contribution is -1.94. The summed E-state index contributed by atoms with van der Waals surface area (Å²) in [6.45, 7) is 2.19.